The second kappa shape index (κ2) is 8.25. The summed E-state index contributed by atoms with van der Waals surface area (Å²) in [7, 11) is 0. The van der Waals surface area contributed by atoms with E-state index in [0.717, 1.165) is 6.42 Å². The fourth-order valence-corrected chi connectivity index (χ4v) is 2.32. The molecular weight excluding hydrogens is 288 g/mol. The molecule has 0 aliphatic heterocycles. The van der Waals surface area contributed by atoms with E-state index in [4.69, 9.17) is 22.1 Å². The number of rotatable bonds is 8. The van der Waals surface area contributed by atoms with Gasteiger partial charge in [0.15, 0.2) is 0 Å². The topological polar surface area (TPSA) is 64.3 Å². The van der Waals surface area contributed by atoms with Crippen LogP contribution in [0.1, 0.15) is 40.0 Å². The average Bonchev–Trinajstić information content (AvgIpc) is 2.49. The van der Waals surface area contributed by atoms with E-state index in [1.165, 1.54) is 0 Å². The van der Waals surface area contributed by atoms with Gasteiger partial charge in [-0.2, -0.15) is 0 Å². The van der Waals surface area contributed by atoms with E-state index in [1.54, 1.807) is 18.2 Å². The molecule has 0 spiro atoms. The first-order chi connectivity index (χ1) is 10.0. The Morgan fingerprint density at radius 1 is 1.33 bits per heavy atom. The second-order valence-corrected chi connectivity index (χ2v) is 5.57. The van der Waals surface area contributed by atoms with Crippen LogP contribution in [0, 0.1) is 5.41 Å². The van der Waals surface area contributed by atoms with Gasteiger partial charge in [-0.15, -0.1) is 0 Å². The highest BCUT2D eigenvalue weighted by Crippen LogP contribution is 2.32. The maximum atomic E-state index is 12.6. The molecule has 3 N–H and O–H groups in total. The molecule has 0 aliphatic rings. The smallest absolute Gasteiger partial charge is 0.231 e. The predicted molar refractivity (Wildman–Crippen MR) is 87.9 cm³/mol. The number of benzene rings is 1. The molecule has 0 heterocycles. The van der Waals surface area contributed by atoms with Gasteiger partial charge >= 0.3 is 0 Å². The fourth-order valence-electron chi connectivity index (χ4n) is 2.15. The maximum Gasteiger partial charge on any atom is 0.231 e. The van der Waals surface area contributed by atoms with Crippen molar-refractivity contribution in [2.75, 3.05) is 18.5 Å². The molecule has 1 rings (SSSR count). The van der Waals surface area contributed by atoms with Crippen LogP contribution >= 0.6 is 11.6 Å². The Hall–Kier alpha value is -1.26. The lowest BCUT2D eigenvalue weighted by molar-refractivity contribution is -0.125. The van der Waals surface area contributed by atoms with E-state index >= 15 is 0 Å². The van der Waals surface area contributed by atoms with Crippen molar-refractivity contribution in [1.82, 2.24) is 0 Å². The van der Waals surface area contributed by atoms with Crippen molar-refractivity contribution in [1.29, 1.82) is 0 Å². The molecule has 0 saturated heterocycles. The van der Waals surface area contributed by atoms with Gasteiger partial charge < -0.3 is 15.8 Å². The summed E-state index contributed by atoms with van der Waals surface area (Å²) in [6, 6.07) is 5.23. The Morgan fingerprint density at radius 3 is 2.52 bits per heavy atom. The lowest BCUT2D eigenvalue weighted by Gasteiger charge is -2.29. The highest BCUT2D eigenvalue weighted by Gasteiger charge is 2.33. The SMILES string of the molecule is CCCOc1ccc(Cl)cc1NC(=O)C(CC)(CC)CN. The van der Waals surface area contributed by atoms with Crippen molar-refractivity contribution in [3.8, 4) is 5.75 Å². The lowest BCUT2D eigenvalue weighted by Crippen LogP contribution is -2.41. The molecule has 0 fully saturated rings. The van der Waals surface area contributed by atoms with Gasteiger partial charge in [0.25, 0.3) is 0 Å². The number of halogens is 1. The lowest BCUT2D eigenvalue weighted by atomic mass is 9.81. The van der Waals surface area contributed by atoms with Crippen LogP contribution < -0.4 is 15.8 Å². The minimum atomic E-state index is -0.551. The zero-order valence-corrected chi connectivity index (χ0v) is 13.8. The third-order valence-electron chi connectivity index (χ3n) is 3.88. The summed E-state index contributed by atoms with van der Waals surface area (Å²) in [5.41, 5.74) is 5.86. The molecule has 0 saturated carbocycles. The molecule has 21 heavy (non-hydrogen) atoms. The number of anilines is 1. The van der Waals surface area contributed by atoms with E-state index in [9.17, 15) is 4.79 Å². The molecule has 0 atom stereocenters. The largest absolute Gasteiger partial charge is 0.491 e. The molecule has 4 nitrogen and oxygen atoms in total. The van der Waals surface area contributed by atoms with E-state index < -0.39 is 5.41 Å². The molecule has 1 aromatic carbocycles. The van der Waals surface area contributed by atoms with Gasteiger partial charge in [-0.3, -0.25) is 4.79 Å². The summed E-state index contributed by atoms with van der Waals surface area (Å²) in [6.45, 7) is 6.89. The summed E-state index contributed by atoms with van der Waals surface area (Å²) in [6.07, 6.45) is 2.28. The maximum absolute atomic E-state index is 12.6. The molecule has 0 aliphatic carbocycles. The van der Waals surface area contributed by atoms with E-state index in [0.29, 0.717) is 42.5 Å². The summed E-state index contributed by atoms with van der Waals surface area (Å²) in [5, 5.41) is 3.48. The van der Waals surface area contributed by atoms with Crippen molar-refractivity contribution < 1.29 is 9.53 Å². The molecule has 1 amide bonds. The number of hydrogen-bond donors (Lipinski definition) is 2. The molecule has 0 radical (unpaired) electrons. The molecule has 1 aromatic rings. The zero-order valence-electron chi connectivity index (χ0n) is 13.0. The van der Waals surface area contributed by atoms with Gasteiger partial charge in [0.1, 0.15) is 5.75 Å². The van der Waals surface area contributed by atoms with E-state index in [1.807, 2.05) is 20.8 Å². The zero-order chi connectivity index (χ0) is 15.9. The molecular formula is C16H25ClN2O2. The van der Waals surface area contributed by atoms with Crippen LogP contribution in [-0.4, -0.2) is 19.1 Å². The first-order valence-electron chi connectivity index (χ1n) is 7.46. The Balaban J connectivity index is 3.00. The summed E-state index contributed by atoms with van der Waals surface area (Å²) in [4.78, 5) is 12.6. The quantitative estimate of drug-likeness (QED) is 0.766. The Kier molecular flexibility index (Phi) is 6.99. The summed E-state index contributed by atoms with van der Waals surface area (Å²) >= 11 is 6.02. The average molecular weight is 313 g/mol. The van der Waals surface area contributed by atoms with Crippen LogP contribution in [0.25, 0.3) is 0 Å². The minimum absolute atomic E-state index is 0.0846. The first-order valence-corrected chi connectivity index (χ1v) is 7.84. The fraction of sp³-hybridized carbons (Fsp3) is 0.562. The van der Waals surface area contributed by atoms with E-state index in [2.05, 4.69) is 5.32 Å². The number of carbonyl (C=O) groups excluding carboxylic acids is 1. The third-order valence-corrected chi connectivity index (χ3v) is 4.11. The van der Waals surface area contributed by atoms with Crippen molar-refractivity contribution in [2.45, 2.75) is 40.0 Å². The molecule has 0 unspecified atom stereocenters. The Labute approximate surface area is 132 Å². The standard InChI is InChI=1S/C16H25ClN2O2/c1-4-9-21-14-8-7-12(17)10-13(14)19-15(20)16(5-2,6-3)11-18/h7-8,10H,4-6,9,11,18H2,1-3H3,(H,19,20). The number of ether oxygens (including phenoxy) is 1. The summed E-state index contributed by atoms with van der Waals surface area (Å²) in [5.74, 6) is 0.548. The molecule has 0 bridgehead atoms. The van der Waals surface area contributed by atoms with Crippen LogP contribution in [0.3, 0.4) is 0 Å². The Morgan fingerprint density at radius 2 is 2.00 bits per heavy atom. The highest BCUT2D eigenvalue weighted by molar-refractivity contribution is 6.31. The third kappa shape index (κ3) is 4.35. The van der Waals surface area contributed by atoms with Gasteiger partial charge in [-0.05, 0) is 37.5 Å². The van der Waals surface area contributed by atoms with Crippen molar-refractivity contribution in [3.05, 3.63) is 23.2 Å². The van der Waals surface area contributed by atoms with Crippen LogP contribution in [-0.2, 0) is 4.79 Å². The van der Waals surface area contributed by atoms with Crippen molar-refractivity contribution in [2.24, 2.45) is 11.1 Å². The van der Waals surface area contributed by atoms with Crippen LogP contribution in [0.2, 0.25) is 5.02 Å². The number of amides is 1. The van der Waals surface area contributed by atoms with E-state index in [-0.39, 0.29) is 5.91 Å². The summed E-state index contributed by atoms with van der Waals surface area (Å²) < 4.78 is 5.65. The normalized spacial score (nSPS) is 11.3. The number of hydrogen-bond acceptors (Lipinski definition) is 3. The van der Waals surface area contributed by atoms with Gasteiger partial charge in [-0.25, -0.2) is 0 Å². The molecule has 118 valence electrons. The van der Waals surface area contributed by atoms with Crippen LogP contribution in [0.4, 0.5) is 5.69 Å². The van der Waals surface area contributed by atoms with Crippen LogP contribution in [0.5, 0.6) is 5.75 Å². The van der Waals surface area contributed by atoms with Crippen molar-refractivity contribution in [3.63, 3.8) is 0 Å². The van der Waals surface area contributed by atoms with Crippen molar-refractivity contribution >= 4 is 23.2 Å². The number of nitrogens with one attached hydrogen (secondary N) is 1. The van der Waals surface area contributed by atoms with Gasteiger partial charge in [0, 0.05) is 11.6 Å². The number of nitrogens with two attached hydrogens (primary N) is 1. The minimum Gasteiger partial charge on any atom is -0.491 e. The second-order valence-electron chi connectivity index (χ2n) is 5.13. The monoisotopic (exact) mass is 312 g/mol. The molecule has 5 heteroatoms. The number of carbonyl (C=O) groups is 1. The van der Waals surface area contributed by atoms with Gasteiger partial charge in [-0.1, -0.05) is 32.4 Å². The van der Waals surface area contributed by atoms with Gasteiger partial charge in [0.05, 0.1) is 17.7 Å². The van der Waals surface area contributed by atoms with Gasteiger partial charge in [0.2, 0.25) is 5.91 Å². The predicted octanol–water partition coefficient (Wildman–Crippen LogP) is 3.83. The van der Waals surface area contributed by atoms with Crippen LogP contribution in [0.15, 0.2) is 18.2 Å². The highest BCUT2D eigenvalue weighted by atomic mass is 35.5. The molecule has 0 aromatic heterocycles. The first kappa shape index (κ1) is 17.8. The Bertz CT molecular complexity index is 465.